The molecular formula is C12H18S. The summed E-state index contributed by atoms with van der Waals surface area (Å²) >= 11 is 1.92. The smallest absolute Gasteiger partial charge is 0.00297 e. The molecule has 1 aromatic rings. The minimum absolute atomic E-state index is 1.22. The van der Waals surface area contributed by atoms with Crippen molar-refractivity contribution < 1.29 is 0 Å². The maximum Gasteiger partial charge on any atom is -0.00297 e. The molecule has 0 nitrogen and oxygen atoms in total. The van der Waals surface area contributed by atoms with E-state index < -0.39 is 0 Å². The van der Waals surface area contributed by atoms with Gasteiger partial charge in [-0.05, 0) is 36.0 Å². The average Bonchev–Trinajstić information content (AvgIpc) is 2.17. The van der Waals surface area contributed by atoms with Gasteiger partial charge in [0.05, 0.1) is 0 Å². The molecule has 0 N–H and O–H groups in total. The number of benzene rings is 1. The van der Waals surface area contributed by atoms with Gasteiger partial charge < -0.3 is 0 Å². The van der Waals surface area contributed by atoms with Crippen LogP contribution >= 0.6 is 11.8 Å². The predicted molar refractivity (Wildman–Crippen MR) is 62.5 cm³/mol. The number of aryl methyl sites for hydroxylation is 2. The minimum atomic E-state index is 1.22. The minimum Gasteiger partial charge on any atom is -0.165 e. The van der Waals surface area contributed by atoms with Gasteiger partial charge in [-0.25, -0.2) is 0 Å². The van der Waals surface area contributed by atoms with Crippen LogP contribution in [0.5, 0.6) is 0 Å². The molecule has 0 aliphatic carbocycles. The molecular weight excluding hydrogens is 176 g/mol. The van der Waals surface area contributed by atoms with E-state index in [1.165, 1.54) is 25.0 Å². The highest BCUT2D eigenvalue weighted by Gasteiger charge is 1.99. The van der Waals surface area contributed by atoms with E-state index in [4.69, 9.17) is 0 Å². The summed E-state index contributed by atoms with van der Waals surface area (Å²) in [6, 6.07) is 8.82. The standard InChI is InChI=1S/C12H18S/c1-3-6-11-7-4-5-8-12(11)9-10-13-2/h4-5,7-8H,3,6,9-10H2,1-2H3. The Labute approximate surface area is 85.7 Å². The number of hydrogen-bond acceptors (Lipinski definition) is 1. The Hall–Kier alpha value is -0.430. The van der Waals surface area contributed by atoms with Crippen LogP contribution in [0.3, 0.4) is 0 Å². The normalized spacial score (nSPS) is 10.3. The molecule has 0 amide bonds. The van der Waals surface area contributed by atoms with E-state index in [-0.39, 0.29) is 0 Å². The van der Waals surface area contributed by atoms with Gasteiger partial charge in [-0.15, -0.1) is 0 Å². The first-order valence-corrected chi connectivity index (χ1v) is 6.33. The van der Waals surface area contributed by atoms with E-state index in [2.05, 4.69) is 37.4 Å². The lowest BCUT2D eigenvalue weighted by Crippen LogP contribution is -1.95. The number of thioether (sulfide) groups is 1. The van der Waals surface area contributed by atoms with Gasteiger partial charge in [-0.3, -0.25) is 0 Å². The van der Waals surface area contributed by atoms with Crippen molar-refractivity contribution in [2.45, 2.75) is 26.2 Å². The van der Waals surface area contributed by atoms with Gasteiger partial charge in [-0.2, -0.15) is 11.8 Å². The molecule has 0 aliphatic heterocycles. The summed E-state index contributed by atoms with van der Waals surface area (Å²) in [5.41, 5.74) is 3.08. The van der Waals surface area contributed by atoms with Crippen LogP contribution in [0.25, 0.3) is 0 Å². The molecule has 0 saturated heterocycles. The lowest BCUT2D eigenvalue weighted by atomic mass is 10.0. The fourth-order valence-electron chi connectivity index (χ4n) is 1.53. The molecule has 0 heterocycles. The first-order valence-electron chi connectivity index (χ1n) is 4.94. The fourth-order valence-corrected chi connectivity index (χ4v) is 1.95. The van der Waals surface area contributed by atoms with Crippen LogP contribution in [-0.4, -0.2) is 12.0 Å². The monoisotopic (exact) mass is 194 g/mol. The number of hydrogen-bond donors (Lipinski definition) is 0. The van der Waals surface area contributed by atoms with E-state index in [1.54, 1.807) is 11.1 Å². The van der Waals surface area contributed by atoms with Crippen LogP contribution in [-0.2, 0) is 12.8 Å². The summed E-state index contributed by atoms with van der Waals surface area (Å²) in [4.78, 5) is 0. The molecule has 0 bridgehead atoms. The van der Waals surface area contributed by atoms with Crippen LogP contribution in [0.2, 0.25) is 0 Å². The van der Waals surface area contributed by atoms with Gasteiger partial charge in [0.15, 0.2) is 0 Å². The molecule has 0 aromatic heterocycles. The van der Waals surface area contributed by atoms with E-state index in [0.29, 0.717) is 0 Å². The van der Waals surface area contributed by atoms with Crippen LogP contribution < -0.4 is 0 Å². The first-order chi connectivity index (χ1) is 6.38. The van der Waals surface area contributed by atoms with Crippen molar-refractivity contribution in [2.24, 2.45) is 0 Å². The zero-order chi connectivity index (χ0) is 9.52. The molecule has 0 atom stereocenters. The van der Waals surface area contributed by atoms with Crippen molar-refractivity contribution in [2.75, 3.05) is 12.0 Å². The van der Waals surface area contributed by atoms with E-state index >= 15 is 0 Å². The second-order valence-corrected chi connectivity index (χ2v) is 4.25. The highest BCUT2D eigenvalue weighted by atomic mass is 32.2. The van der Waals surface area contributed by atoms with Crippen molar-refractivity contribution in [1.29, 1.82) is 0 Å². The molecule has 0 saturated carbocycles. The lowest BCUT2D eigenvalue weighted by Gasteiger charge is -2.07. The molecule has 0 unspecified atom stereocenters. The third-order valence-electron chi connectivity index (χ3n) is 2.21. The predicted octanol–water partition coefficient (Wildman–Crippen LogP) is 3.54. The van der Waals surface area contributed by atoms with Crippen molar-refractivity contribution >= 4 is 11.8 Å². The zero-order valence-electron chi connectivity index (χ0n) is 8.55. The Morgan fingerprint density at radius 3 is 2.23 bits per heavy atom. The van der Waals surface area contributed by atoms with Crippen molar-refractivity contribution in [3.63, 3.8) is 0 Å². The summed E-state index contributed by atoms with van der Waals surface area (Å²) in [6.07, 6.45) is 5.86. The van der Waals surface area contributed by atoms with Gasteiger partial charge in [0.25, 0.3) is 0 Å². The van der Waals surface area contributed by atoms with Gasteiger partial charge in [0.2, 0.25) is 0 Å². The Morgan fingerprint density at radius 1 is 1.08 bits per heavy atom. The summed E-state index contributed by atoms with van der Waals surface area (Å²) in [7, 11) is 0. The molecule has 0 spiro atoms. The lowest BCUT2D eigenvalue weighted by molar-refractivity contribution is 0.901. The summed E-state index contributed by atoms with van der Waals surface area (Å²) in [6.45, 7) is 2.24. The topological polar surface area (TPSA) is 0 Å². The fraction of sp³-hybridized carbons (Fsp3) is 0.500. The molecule has 1 rings (SSSR count). The molecule has 0 radical (unpaired) electrons. The molecule has 0 aliphatic rings. The van der Waals surface area contributed by atoms with Crippen molar-refractivity contribution in [1.82, 2.24) is 0 Å². The van der Waals surface area contributed by atoms with E-state index in [9.17, 15) is 0 Å². The second-order valence-electron chi connectivity index (χ2n) is 3.26. The highest BCUT2D eigenvalue weighted by Crippen LogP contribution is 2.13. The van der Waals surface area contributed by atoms with Crippen LogP contribution in [0, 0.1) is 0 Å². The van der Waals surface area contributed by atoms with E-state index in [1.807, 2.05) is 11.8 Å². The highest BCUT2D eigenvalue weighted by molar-refractivity contribution is 7.98. The maximum atomic E-state index is 2.27. The summed E-state index contributed by atoms with van der Waals surface area (Å²) in [5, 5.41) is 0. The Bertz CT molecular complexity index is 243. The Morgan fingerprint density at radius 2 is 1.69 bits per heavy atom. The third-order valence-corrected chi connectivity index (χ3v) is 2.83. The quantitative estimate of drug-likeness (QED) is 0.691. The molecule has 1 aromatic carbocycles. The molecule has 0 fully saturated rings. The summed E-state index contributed by atoms with van der Waals surface area (Å²) in [5.74, 6) is 1.24. The largest absolute Gasteiger partial charge is 0.165 e. The molecule has 13 heavy (non-hydrogen) atoms. The SMILES string of the molecule is CCCc1ccccc1CCSC. The van der Waals surface area contributed by atoms with Crippen LogP contribution in [0.4, 0.5) is 0 Å². The second kappa shape index (κ2) is 6.09. The van der Waals surface area contributed by atoms with Crippen molar-refractivity contribution in [3.8, 4) is 0 Å². The Kier molecular flexibility index (Phi) is 4.99. The van der Waals surface area contributed by atoms with Crippen LogP contribution in [0.1, 0.15) is 24.5 Å². The van der Waals surface area contributed by atoms with E-state index in [0.717, 1.165) is 0 Å². The Balaban J connectivity index is 2.66. The van der Waals surface area contributed by atoms with Gasteiger partial charge in [0.1, 0.15) is 0 Å². The zero-order valence-corrected chi connectivity index (χ0v) is 9.36. The molecule has 1 heteroatoms. The third kappa shape index (κ3) is 3.43. The maximum absolute atomic E-state index is 2.27. The first kappa shape index (κ1) is 10.6. The number of rotatable bonds is 5. The van der Waals surface area contributed by atoms with Gasteiger partial charge in [-0.1, -0.05) is 37.6 Å². The van der Waals surface area contributed by atoms with Gasteiger partial charge >= 0.3 is 0 Å². The summed E-state index contributed by atoms with van der Waals surface area (Å²) < 4.78 is 0. The van der Waals surface area contributed by atoms with Crippen LogP contribution in [0.15, 0.2) is 24.3 Å². The van der Waals surface area contributed by atoms with Crippen molar-refractivity contribution in [3.05, 3.63) is 35.4 Å². The molecule has 72 valence electrons. The van der Waals surface area contributed by atoms with Gasteiger partial charge in [0, 0.05) is 0 Å². The average molecular weight is 194 g/mol.